The predicted octanol–water partition coefficient (Wildman–Crippen LogP) is 5.05. The van der Waals surface area contributed by atoms with Crippen LogP contribution in [0.2, 0.25) is 0 Å². The molecule has 0 fully saturated rings. The van der Waals surface area contributed by atoms with Crippen LogP contribution in [0.5, 0.6) is 0 Å². The van der Waals surface area contributed by atoms with E-state index in [1.165, 1.54) is 0 Å². The zero-order valence-electron chi connectivity index (χ0n) is 14.8. The normalized spacial score (nSPS) is 19.4. The molecule has 2 atom stereocenters. The Morgan fingerprint density at radius 1 is 0.808 bits per heavy atom. The summed E-state index contributed by atoms with van der Waals surface area (Å²) in [5.41, 5.74) is 3.89. The van der Waals surface area contributed by atoms with Crippen LogP contribution >= 0.6 is 0 Å². The lowest BCUT2D eigenvalue weighted by Gasteiger charge is -2.29. The third kappa shape index (κ3) is 2.61. The molecule has 4 heteroatoms. The molecule has 0 saturated carbocycles. The fraction of sp³-hybridized carbons (Fsp3) is 0.182. The number of hydrogen-bond donors (Lipinski definition) is 0. The average Bonchev–Trinajstić information content (AvgIpc) is 2.96. The van der Waals surface area contributed by atoms with Gasteiger partial charge in [-0.25, -0.2) is 8.42 Å². The van der Waals surface area contributed by atoms with E-state index in [0.29, 0.717) is 4.90 Å². The molecule has 0 N–H and O–H groups in total. The smallest absolute Gasteiger partial charge is 0.258 e. The van der Waals surface area contributed by atoms with Crippen LogP contribution in [0.3, 0.4) is 0 Å². The Kier molecular flexibility index (Phi) is 4.08. The van der Waals surface area contributed by atoms with Gasteiger partial charge in [-0.3, -0.25) is 4.31 Å². The first-order valence-corrected chi connectivity index (χ1v) is 10.2. The van der Waals surface area contributed by atoms with Gasteiger partial charge in [0.05, 0.1) is 16.6 Å². The summed E-state index contributed by atoms with van der Waals surface area (Å²) in [5, 5.41) is 0. The SMILES string of the molecule is Cc1ccc(S(=O)(=O)N2c3ccccc3[C@H](C)[C@@H]2c2ccccc2)cc1. The van der Waals surface area contributed by atoms with Crippen LogP contribution in [0.15, 0.2) is 83.8 Å². The Hall–Kier alpha value is -2.59. The first-order chi connectivity index (χ1) is 12.5. The molecule has 0 radical (unpaired) electrons. The van der Waals surface area contributed by atoms with Crippen molar-refractivity contribution >= 4 is 15.7 Å². The maximum Gasteiger partial charge on any atom is 0.264 e. The van der Waals surface area contributed by atoms with Crippen molar-refractivity contribution in [3.8, 4) is 0 Å². The Balaban J connectivity index is 1.91. The van der Waals surface area contributed by atoms with E-state index in [0.717, 1.165) is 22.4 Å². The van der Waals surface area contributed by atoms with Crippen molar-refractivity contribution in [2.45, 2.75) is 30.7 Å². The van der Waals surface area contributed by atoms with Crippen molar-refractivity contribution < 1.29 is 8.42 Å². The number of aryl methyl sites for hydroxylation is 1. The molecule has 1 aliphatic heterocycles. The molecule has 3 aromatic rings. The molecular weight excluding hydrogens is 342 g/mol. The zero-order chi connectivity index (χ0) is 18.3. The first kappa shape index (κ1) is 16.9. The van der Waals surface area contributed by atoms with Crippen LogP contribution in [0.25, 0.3) is 0 Å². The maximum atomic E-state index is 13.6. The Labute approximate surface area is 155 Å². The quantitative estimate of drug-likeness (QED) is 0.653. The highest BCUT2D eigenvalue weighted by atomic mass is 32.2. The van der Waals surface area contributed by atoms with Crippen molar-refractivity contribution in [2.24, 2.45) is 0 Å². The summed E-state index contributed by atoms with van der Waals surface area (Å²) in [6, 6.07) is 24.5. The lowest BCUT2D eigenvalue weighted by atomic mass is 9.92. The van der Waals surface area contributed by atoms with E-state index in [4.69, 9.17) is 0 Å². The van der Waals surface area contributed by atoms with Gasteiger partial charge in [0.1, 0.15) is 0 Å². The Morgan fingerprint density at radius 2 is 1.42 bits per heavy atom. The summed E-state index contributed by atoms with van der Waals surface area (Å²) >= 11 is 0. The highest BCUT2D eigenvalue weighted by molar-refractivity contribution is 7.92. The minimum Gasteiger partial charge on any atom is -0.258 e. The minimum atomic E-state index is -3.67. The second kappa shape index (κ2) is 6.29. The summed E-state index contributed by atoms with van der Waals surface area (Å²) in [4.78, 5) is 0.327. The van der Waals surface area contributed by atoms with Gasteiger partial charge in [-0.05, 0) is 36.2 Å². The van der Waals surface area contributed by atoms with Gasteiger partial charge in [-0.2, -0.15) is 0 Å². The summed E-state index contributed by atoms with van der Waals surface area (Å²) in [5.74, 6) is 0.0776. The van der Waals surface area contributed by atoms with Gasteiger partial charge < -0.3 is 0 Å². The van der Waals surface area contributed by atoms with E-state index in [1.807, 2.05) is 73.7 Å². The van der Waals surface area contributed by atoms with E-state index in [9.17, 15) is 8.42 Å². The summed E-state index contributed by atoms with van der Waals surface area (Å²) in [7, 11) is -3.67. The fourth-order valence-corrected chi connectivity index (χ4v) is 5.51. The van der Waals surface area contributed by atoms with Crippen LogP contribution in [0.4, 0.5) is 5.69 Å². The molecule has 0 unspecified atom stereocenters. The van der Waals surface area contributed by atoms with Gasteiger partial charge in [0.25, 0.3) is 10.0 Å². The molecule has 26 heavy (non-hydrogen) atoms. The predicted molar refractivity (Wildman–Crippen MR) is 105 cm³/mol. The lowest BCUT2D eigenvalue weighted by Crippen LogP contribution is -2.33. The maximum absolute atomic E-state index is 13.6. The Bertz CT molecular complexity index is 1030. The van der Waals surface area contributed by atoms with Crippen LogP contribution in [0, 0.1) is 6.92 Å². The van der Waals surface area contributed by atoms with E-state index >= 15 is 0 Å². The summed E-state index contributed by atoms with van der Waals surface area (Å²) < 4.78 is 28.7. The molecule has 3 nitrogen and oxygen atoms in total. The van der Waals surface area contributed by atoms with Crippen molar-refractivity contribution in [3.63, 3.8) is 0 Å². The standard InChI is InChI=1S/C22H21NO2S/c1-16-12-14-19(15-13-16)26(24,25)23-21-11-7-6-10-20(21)17(2)22(23)18-8-4-3-5-9-18/h3-15,17,22H,1-2H3/t17-,22+/m0/s1. The molecule has 0 spiro atoms. The second-order valence-electron chi connectivity index (χ2n) is 6.82. The molecule has 4 rings (SSSR count). The summed E-state index contributed by atoms with van der Waals surface area (Å²) in [6.07, 6.45) is 0. The Morgan fingerprint density at radius 3 is 2.12 bits per heavy atom. The number of rotatable bonds is 3. The largest absolute Gasteiger partial charge is 0.264 e. The molecule has 0 amide bonds. The lowest BCUT2D eigenvalue weighted by molar-refractivity contribution is 0.568. The molecule has 1 aliphatic rings. The van der Waals surface area contributed by atoms with Gasteiger partial charge in [-0.15, -0.1) is 0 Å². The van der Waals surface area contributed by atoms with Gasteiger partial charge in [0, 0.05) is 5.92 Å². The molecule has 0 aromatic heterocycles. The molecular formula is C22H21NO2S. The molecule has 0 saturated heterocycles. The monoisotopic (exact) mass is 363 g/mol. The van der Waals surface area contributed by atoms with Crippen LogP contribution < -0.4 is 4.31 Å². The highest BCUT2D eigenvalue weighted by Gasteiger charge is 2.43. The zero-order valence-corrected chi connectivity index (χ0v) is 15.6. The number of nitrogens with zero attached hydrogens (tertiary/aromatic N) is 1. The van der Waals surface area contributed by atoms with Gasteiger partial charge >= 0.3 is 0 Å². The van der Waals surface area contributed by atoms with Crippen LogP contribution in [0.1, 0.15) is 35.6 Å². The van der Waals surface area contributed by atoms with E-state index in [1.54, 1.807) is 16.4 Å². The van der Waals surface area contributed by atoms with Crippen LogP contribution in [-0.4, -0.2) is 8.42 Å². The molecule has 1 heterocycles. The van der Waals surface area contributed by atoms with Crippen molar-refractivity contribution in [1.82, 2.24) is 0 Å². The van der Waals surface area contributed by atoms with Crippen molar-refractivity contribution in [2.75, 3.05) is 4.31 Å². The van der Waals surface area contributed by atoms with Crippen molar-refractivity contribution in [1.29, 1.82) is 0 Å². The number of fused-ring (bicyclic) bond motifs is 1. The molecule has 0 bridgehead atoms. The van der Waals surface area contributed by atoms with Crippen molar-refractivity contribution in [3.05, 3.63) is 95.6 Å². The van der Waals surface area contributed by atoms with Gasteiger partial charge in [0.15, 0.2) is 0 Å². The van der Waals surface area contributed by atoms with Crippen LogP contribution in [-0.2, 0) is 10.0 Å². The third-order valence-electron chi connectivity index (χ3n) is 5.11. The first-order valence-electron chi connectivity index (χ1n) is 8.75. The van der Waals surface area contributed by atoms with E-state index < -0.39 is 10.0 Å². The molecule has 132 valence electrons. The molecule has 0 aliphatic carbocycles. The average molecular weight is 363 g/mol. The number of para-hydroxylation sites is 1. The third-order valence-corrected chi connectivity index (χ3v) is 6.92. The number of benzene rings is 3. The number of hydrogen-bond acceptors (Lipinski definition) is 2. The fourth-order valence-electron chi connectivity index (χ4n) is 3.77. The number of sulfonamides is 1. The summed E-state index contributed by atoms with van der Waals surface area (Å²) in [6.45, 7) is 4.05. The van der Waals surface area contributed by atoms with E-state index in [-0.39, 0.29) is 12.0 Å². The second-order valence-corrected chi connectivity index (χ2v) is 8.63. The number of anilines is 1. The van der Waals surface area contributed by atoms with Gasteiger partial charge in [0.2, 0.25) is 0 Å². The van der Waals surface area contributed by atoms with E-state index in [2.05, 4.69) is 6.92 Å². The molecule has 3 aromatic carbocycles. The minimum absolute atomic E-state index is 0.0776. The topological polar surface area (TPSA) is 37.4 Å². The van der Waals surface area contributed by atoms with Gasteiger partial charge in [-0.1, -0.05) is 73.2 Å². The highest BCUT2D eigenvalue weighted by Crippen LogP contribution is 2.50.